The van der Waals surface area contributed by atoms with Gasteiger partial charge in [0, 0.05) is 5.92 Å². The second kappa shape index (κ2) is 5.65. The van der Waals surface area contributed by atoms with Gasteiger partial charge in [0.25, 0.3) is 0 Å². The van der Waals surface area contributed by atoms with Crippen molar-refractivity contribution in [1.29, 1.82) is 0 Å². The zero-order valence-electron chi connectivity index (χ0n) is 9.57. The van der Waals surface area contributed by atoms with Crippen LogP contribution < -0.4 is 5.32 Å². The molecule has 0 spiro atoms. The third kappa shape index (κ3) is 3.06. The molecule has 0 aliphatic heterocycles. The summed E-state index contributed by atoms with van der Waals surface area (Å²) in [6.07, 6.45) is 0.793. The highest BCUT2D eigenvalue weighted by atomic mass is 32.1. The van der Waals surface area contributed by atoms with Gasteiger partial charge in [-0.25, -0.2) is 4.79 Å². The van der Waals surface area contributed by atoms with Crippen molar-refractivity contribution in [2.24, 2.45) is 5.92 Å². The minimum absolute atomic E-state index is 0.0244. The molecule has 88 valence electrons. The molecule has 1 atom stereocenters. The molecule has 1 aromatic rings. The molecular weight excluding hydrogens is 226 g/mol. The van der Waals surface area contributed by atoms with Gasteiger partial charge in [-0.05, 0) is 18.6 Å². The van der Waals surface area contributed by atoms with Gasteiger partial charge in [0.05, 0.1) is 12.1 Å². The van der Waals surface area contributed by atoms with Crippen molar-refractivity contribution in [1.82, 2.24) is 0 Å². The van der Waals surface area contributed by atoms with Crippen LogP contribution in [0.1, 0.15) is 29.9 Å². The summed E-state index contributed by atoms with van der Waals surface area (Å²) >= 11 is 1.22. The predicted octanol–water partition coefficient (Wildman–Crippen LogP) is 2.52. The van der Waals surface area contributed by atoms with Gasteiger partial charge >= 0.3 is 5.97 Å². The second-order valence-electron chi connectivity index (χ2n) is 3.45. The molecule has 0 fully saturated rings. The SMILES string of the molecule is CC[C@@H](C)C(=O)Nc1ccc(C(=O)OC)s1. The molecule has 1 aromatic heterocycles. The van der Waals surface area contributed by atoms with Gasteiger partial charge in [0.1, 0.15) is 4.88 Å². The molecule has 0 aliphatic rings. The number of methoxy groups -OCH3 is 1. The molecule has 0 saturated carbocycles. The Bertz CT molecular complexity index is 386. The van der Waals surface area contributed by atoms with E-state index in [0.717, 1.165) is 6.42 Å². The van der Waals surface area contributed by atoms with Crippen LogP contribution in [0.4, 0.5) is 5.00 Å². The molecule has 1 N–H and O–H groups in total. The lowest BCUT2D eigenvalue weighted by atomic mass is 10.1. The smallest absolute Gasteiger partial charge is 0.348 e. The van der Waals surface area contributed by atoms with E-state index >= 15 is 0 Å². The fourth-order valence-corrected chi connectivity index (χ4v) is 1.87. The Balaban J connectivity index is 2.65. The molecule has 0 aliphatic carbocycles. The largest absolute Gasteiger partial charge is 0.465 e. The maximum absolute atomic E-state index is 11.6. The average molecular weight is 241 g/mol. The van der Waals surface area contributed by atoms with E-state index in [2.05, 4.69) is 10.1 Å². The van der Waals surface area contributed by atoms with Gasteiger partial charge in [-0.1, -0.05) is 13.8 Å². The molecule has 1 amide bonds. The molecule has 0 bridgehead atoms. The molecule has 4 nitrogen and oxygen atoms in total. The van der Waals surface area contributed by atoms with E-state index < -0.39 is 0 Å². The zero-order chi connectivity index (χ0) is 12.1. The lowest BCUT2D eigenvalue weighted by molar-refractivity contribution is -0.119. The Morgan fingerprint density at radius 1 is 1.50 bits per heavy atom. The first-order valence-electron chi connectivity index (χ1n) is 5.07. The number of ether oxygens (including phenoxy) is 1. The predicted molar refractivity (Wildman–Crippen MR) is 63.7 cm³/mol. The summed E-state index contributed by atoms with van der Waals surface area (Å²) in [5, 5.41) is 3.44. The van der Waals surface area contributed by atoms with Gasteiger partial charge in [0.2, 0.25) is 5.91 Å². The summed E-state index contributed by atoms with van der Waals surface area (Å²) < 4.78 is 4.58. The van der Waals surface area contributed by atoms with Crippen molar-refractivity contribution in [3.05, 3.63) is 17.0 Å². The van der Waals surface area contributed by atoms with Crippen LogP contribution in [0.15, 0.2) is 12.1 Å². The van der Waals surface area contributed by atoms with E-state index in [1.165, 1.54) is 18.4 Å². The van der Waals surface area contributed by atoms with Crippen LogP contribution in [0.5, 0.6) is 0 Å². The van der Waals surface area contributed by atoms with Crippen molar-refractivity contribution < 1.29 is 14.3 Å². The van der Waals surface area contributed by atoms with Crippen LogP contribution in [0.3, 0.4) is 0 Å². The fraction of sp³-hybridized carbons (Fsp3) is 0.455. The Hall–Kier alpha value is -1.36. The molecular formula is C11H15NO3S. The van der Waals surface area contributed by atoms with Gasteiger partial charge in [-0.2, -0.15) is 0 Å². The monoisotopic (exact) mass is 241 g/mol. The average Bonchev–Trinajstić information content (AvgIpc) is 2.75. The molecule has 16 heavy (non-hydrogen) atoms. The lowest BCUT2D eigenvalue weighted by Gasteiger charge is -2.07. The summed E-state index contributed by atoms with van der Waals surface area (Å²) in [4.78, 5) is 23.2. The zero-order valence-corrected chi connectivity index (χ0v) is 10.4. The van der Waals surface area contributed by atoms with Crippen molar-refractivity contribution in [3.8, 4) is 0 Å². The standard InChI is InChI=1S/C11H15NO3S/c1-4-7(2)10(13)12-9-6-5-8(16-9)11(14)15-3/h5-7H,4H2,1-3H3,(H,12,13)/t7-/m1/s1. The number of nitrogens with one attached hydrogen (secondary N) is 1. The Morgan fingerprint density at radius 3 is 2.75 bits per heavy atom. The summed E-state index contributed by atoms with van der Waals surface area (Å²) in [7, 11) is 1.33. The highest BCUT2D eigenvalue weighted by Crippen LogP contribution is 2.23. The topological polar surface area (TPSA) is 55.4 Å². The van der Waals surface area contributed by atoms with Crippen LogP contribution in [0.2, 0.25) is 0 Å². The quantitative estimate of drug-likeness (QED) is 0.824. The molecule has 0 saturated heterocycles. The number of anilines is 1. The minimum atomic E-state index is -0.381. The Morgan fingerprint density at radius 2 is 2.19 bits per heavy atom. The number of esters is 1. The highest BCUT2D eigenvalue weighted by molar-refractivity contribution is 7.18. The molecule has 5 heteroatoms. The Kier molecular flexibility index (Phi) is 4.49. The van der Waals surface area contributed by atoms with E-state index in [9.17, 15) is 9.59 Å². The van der Waals surface area contributed by atoms with Gasteiger partial charge in [0.15, 0.2) is 0 Å². The van der Waals surface area contributed by atoms with Crippen LogP contribution in [0.25, 0.3) is 0 Å². The van der Waals surface area contributed by atoms with E-state index in [0.29, 0.717) is 9.88 Å². The van der Waals surface area contributed by atoms with Crippen molar-refractivity contribution in [2.45, 2.75) is 20.3 Å². The number of amides is 1. The first-order valence-corrected chi connectivity index (χ1v) is 5.89. The van der Waals surface area contributed by atoms with Crippen molar-refractivity contribution >= 4 is 28.2 Å². The Labute approximate surface area is 98.6 Å². The van der Waals surface area contributed by atoms with E-state index in [4.69, 9.17) is 0 Å². The maximum Gasteiger partial charge on any atom is 0.348 e. The van der Waals surface area contributed by atoms with E-state index in [-0.39, 0.29) is 17.8 Å². The number of carbonyl (C=O) groups excluding carboxylic acids is 2. The minimum Gasteiger partial charge on any atom is -0.465 e. The lowest BCUT2D eigenvalue weighted by Crippen LogP contribution is -2.18. The van der Waals surface area contributed by atoms with Crippen LogP contribution in [-0.2, 0) is 9.53 Å². The number of hydrogen-bond donors (Lipinski definition) is 1. The van der Waals surface area contributed by atoms with Crippen LogP contribution in [0, 0.1) is 5.92 Å². The van der Waals surface area contributed by atoms with E-state index in [1.807, 2.05) is 13.8 Å². The fourth-order valence-electron chi connectivity index (χ4n) is 1.05. The van der Waals surface area contributed by atoms with Gasteiger partial charge in [-0.3, -0.25) is 4.79 Å². The van der Waals surface area contributed by atoms with Crippen LogP contribution in [-0.4, -0.2) is 19.0 Å². The summed E-state index contributed by atoms with van der Waals surface area (Å²) in [6, 6.07) is 3.35. The highest BCUT2D eigenvalue weighted by Gasteiger charge is 2.13. The van der Waals surface area contributed by atoms with Crippen molar-refractivity contribution in [2.75, 3.05) is 12.4 Å². The summed E-state index contributed by atoms with van der Waals surface area (Å²) in [6.45, 7) is 3.82. The van der Waals surface area contributed by atoms with Crippen molar-refractivity contribution in [3.63, 3.8) is 0 Å². The first-order chi connectivity index (χ1) is 7.58. The number of thiophene rings is 1. The first kappa shape index (κ1) is 12.7. The van der Waals surface area contributed by atoms with Gasteiger partial charge < -0.3 is 10.1 Å². The number of hydrogen-bond acceptors (Lipinski definition) is 4. The normalized spacial score (nSPS) is 11.9. The second-order valence-corrected chi connectivity index (χ2v) is 4.54. The maximum atomic E-state index is 11.6. The molecule has 0 aromatic carbocycles. The molecule has 1 heterocycles. The van der Waals surface area contributed by atoms with Gasteiger partial charge in [-0.15, -0.1) is 11.3 Å². The summed E-state index contributed by atoms with van der Waals surface area (Å²) in [5.41, 5.74) is 0. The number of rotatable bonds is 4. The third-order valence-corrected chi connectivity index (χ3v) is 3.28. The van der Waals surface area contributed by atoms with Crippen LogP contribution >= 0.6 is 11.3 Å². The third-order valence-electron chi connectivity index (χ3n) is 2.30. The molecule has 1 rings (SSSR count). The molecule has 0 radical (unpaired) electrons. The number of carbonyl (C=O) groups is 2. The summed E-state index contributed by atoms with van der Waals surface area (Å²) in [5.74, 6) is -0.432. The molecule has 0 unspecified atom stereocenters. The van der Waals surface area contributed by atoms with E-state index in [1.54, 1.807) is 12.1 Å².